The van der Waals surface area contributed by atoms with Crippen LogP contribution in [0.4, 0.5) is 0 Å². The smallest absolute Gasteiger partial charge is 0.244 e. The van der Waals surface area contributed by atoms with E-state index < -0.39 is 0 Å². The van der Waals surface area contributed by atoms with Crippen molar-refractivity contribution in [2.45, 2.75) is 25.4 Å². The molecule has 1 fully saturated rings. The molecule has 0 radical (unpaired) electrons. The maximum absolute atomic E-state index is 6.00. The van der Waals surface area contributed by atoms with E-state index in [0.717, 1.165) is 31.0 Å². The highest BCUT2D eigenvalue weighted by atomic mass is 35.5. The van der Waals surface area contributed by atoms with Crippen LogP contribution in [0.5, 0.6) is 5.88 Å². The third-order valence-corrected chi connectivity index (χ3v) is 5.18. The van der Waals surface area contributed by atoms with E-state index >= 15 is 0 Å². The van der Waals surface area contributed by atoms with Crippen LogP contribution in [0.2, 0.25) is 5.02 Å². The highest BCUT2D eigenvalue weighted by molar-refractivity contribution is 6.30. The van der Waals surface area contributed by atoms with E-state index in [1.54, 1.807) is 13.3 Å². The van der Waals surface area contributed by atoms with Crippen LogP contribution in [-0.2, 0) is 11.3 Å². The molecular weight excluding hydrogens is 392 g/mol. The van der Waals surface area contributed by atoms with E-state index in [0.29, 0.717) is 36.4 Å². The first kappa shape index (κ1) is 19.8. The van der Waals surface area contributed by atoms with Crippen molar-refractivity contribution in [3.05, 3.63) is 59.1 Å². The zero-order chi connectivity index (χ0) is 20.1. The van der Waals surface area contributed by atoms with E-state index in [9.17, 15) is 0 Å². The molecule has 8 heteroatoms. The van der Waals surface area contributed by atoms with Crippen molar-refractivity contribution in [1.82, 2.24) is 20.0 Å². The molecule has 0 aliphatic carbocycles. The molecule has 3 aromatic rings. The van der Waals surface area contributed by atoms with Crippen LogP contribution in [-0.4, -0.2) is 46.9 Å². The van der Waals surface area contributed by atoms with Crippen molar-refractivity contribution in [2.75, 3.05) is 26.9 Å². The third kappa shape index (κ3) is 4.75. The molecule has 152 valence electrons. The Labute approximate surface area is 174 Å². The molecule has 0 bridgehead atoms. The van der Waals surface area contributed by atoms with Crippen LogP contribution >= 0.6 is 11.6 Å². The van der Waals surface area contributed by atoms with Gasteiger partial charge in [-0.25, -0.2) is 4.98 Å². The minimum absolute atomic E-state index is 0.0986. The molecule has 4 rings (SSSR count). The summed E-state index contributed by atoms with van der Waals surface area (Å²) in [6.45, 7) is 2.69. The van der Waals surface area contributed by atoms with Gasteiger partial charge in [-0.1, -0.05) is 28.9 Å². The number of likely N-dealkylation sites (tertiary alicyclic amines) is 1. The molecule has 0 amide bonds. The normalized spacial score (nSPS) is 17.0. The van der Waals surface area contributed by atoms with Crippen molar-refractivity contribution in [3.63, 3.8) is 0 Å². The summed E-state index contributed by atoms with van der Waals surface area (Å²) < 4.78 is 16.4. The Bertz CT molecular complexity index is 932. The summed E-state index contributed by atoms with van der Waals surface area (Å²) >= 11 is 6.00. The lowest BCUT2D eigenvalue weighted by atomic mass is 10.2. The van der Waals surface area contributed by atoms with Gasteiger partial charge < -0.3 is 14.0 Å². The highest BCUT2D eigenvalue weighted by Gasteiger charge is 2.31. The van der Waals surface area contributed by atoms with Crippen LogP contribution in [0.15, 0.2) is 47.1 Å². The van der Waals surface area contributed by atoms with Gasteiger partial charge in [0.15, 0.2) is 0 Å². The van der Waals surface area contributed by atoms with Gasteiger partial charge in [0.1, 0.15) is 6.61 Å². The number of halogens is 1. The Morgan fingerprint density at radius 3 is 2.90 bits per heavy atom. The molecule has 29 heavy (non-hydrogen) atoms. The van der Waals surface area contributed by atoms with E-state index in [4.69, 9.17) is 25.6 Å². The second-order valence-electron chi connectivity index (χ2n) is 6.91. The molecule has 0 N–H and O–H groups in total. The fourth-order valence-corrected chi connectivity index (χ4v) is 3.62. The fraction of sp³-hybridized carbons (Fsp3) is 0.381. The van der Waals surface area contributed by atoms with Gasteiger partial charge in [-0.15, -0.1) is 0 Å². The topological polar surface area (TPSA) is 73.5 Å². The maximum atomic E-state index is 6.00. The molecule has 0 saturated carbocycles. The second-order valence-corrected chi connectivity index (χ2v) is 7.35. The van der Waals surface area contributed by atoms with Gasteiger partial charge >= 0.3 is 0 Å². The summed E-state index contributed by atoms with van der Waals surface area (Å²) in [6, 6.07) is 11.7. The number of nitrogens with zero attached hydrogens (tertiary/aromatic N) is 4. The third-order valence-electron chi connectivity index (χ3n) is 4.93. The summed E-state index contributed by atoms with van der Waals surface area (Å²) in [5, 5.41) is 4.94. The number of hydrogen-bond acceptors (Lipinski definition) is 7. The molecule has 1 aromatic carbocycles. The lowest BCUT2D eigenvalue weighted by Gasteiger charge is -2.21. The number of rotatable bonds is 8. The van der Waals surface area contributed by atoms with Gasteiger partial charge in [0.25, 0.3) is 0 Å². The van der Waals surface area contributed by atoms with E-state index in [1.807, 2.05) is 24.3 Å². The zero-order valence-electron chi connectivity index (χ0n) is 16.3. The summed E-state index contributed by atoms with van der Waals surface area (Å²) in [4.78, 5) is 11.3. The summed E-state index contributed by atoms with van der Waals surface area (Å²) in [5.74, 6) is 1.58. The first-order valence-corrected chi connectivity index (χ1v) is 10.0. The lowest BCUT2D eigenvalue weighted by Crippen LogP contribution is -2.23. The Morgan fingerprint density at radius 2 is 2.07 bits per heavy atom. The number of hydrogen-bond donors (Lipinski definition) is 0. The van der Waals surface area contributed by atoms with Gasteiger partial charge in [0.2, 0.25) is 17.6 Å². The molecule has 2 aromatic heterocycles. The number of aromatic nitrogens is 3. The van der Waals surface area contributed by atoms with Crippen LogP contribution in [0.25, 0.3) is 11.4 Å². The van der Waals surface area contributed by atoms with Crippen molar-refractivity contribution < 1.29 is 14.0 Å². The molecule has 1 saturated heterocycles. The average Bonchev–Trinajstić information content (AvgIpc) is 3.40. The van der Waals surface area contributed by atoms with E-state index in [2.05, 4.69) is 32.2 Å². The number of pyridine rings is 1. The summed E-state index contributed by atoms with van der Waals surface area (Å²) in [6.07, 6.45) is 3.76. The van der Waals surface area contributed by atoms with Crippen molar-refractivity contribution in [2.24, 2.45) is 0 Å². The number of methoxy groups -OCH3 is 1. The fourth-order valence-electron chi connectivity index (χ4n) is 3.50. The molecule has 0 spiro atoms. The minimum Gasteiger partial charge on any atom is -0.475 e. The van der Waals surface area contributed by atoms with Crippen molar-refractivity contribution in [1.29, 1.82) is 0 Å². The average molecular weight is 415 g/mol. The SMILES string of the molecule is COCCOc1ncccc1-c1noc([C@H]2CCCN2Cc2ccc(Cl)cc2)n1. The Morgan fingerprint density at radius 1 is 1.21 bits per heavy atom. The van der Waals surface area contributed by atoms with Crippen LogP contribution in [0, 0.1) is 0 Å². The van der Waals surface area contributed by atoms with Gasteiger partial charge in [0.05, 0.1) is 18.2 Å². The first-order valence-electron chi connectivity index (χ1n) is 9.64. The van der Waals surface area contributed by atoms with E-state index in [1.165, 1.54) is 5.56 Å². The molecule has 3 heterocycles. The van der Waals surface area contributed by atoms with Crippen LogP contribution in [0.1, 0.15) is 30.3 Å². The van der Waals surface area contributed by atoms with Gasteiger partial charge in [-0.2, -0.15) is 4.98 Å². The standard InChI is InChI=1S/C21H23ClN4O3/c1-27-12-13-28-20-17(4-2-10-23-20)19-24-21(29-25-19)18-5-3-11-26(18)14-15-6-8-16(22)9-7-15/h2,4,6-10,18H,3,5,11-14H2,1H3/t18-/m1/s1. The largest absolute Gasteiger partial charge is 0.475 e. The molecular formula is C21H23ClN4O3. The Hall–Kier alpha value is -2.48. The maximum Gasteiger partial charge on any atom is 0.244 e. The summed E-state index contributed by atoms with van der Waals surface area (Å²) in [7, 11) is 1.63. The molecule has 1 atom stereocenters. The predicted molar refractivity (Wildman–Crippen MR) is 109 cm³/mol. The summed E-state index contributed by atoms with van der Waals surface area (Å²) in [5.41, 5.74) is 1.92. The van der Waals surface area contributed by atoms with Crippen molar-refractivity contribution >= 4 is 11.6 Å². The quantitative estimate of drug-likeness (QED) is 0.512. The zero-order valence-corrected chi connectivity index (χ0v) is 17.0. The number of benzene rings is 1. The first-order chi connectivity index (χ1) is 14.2. The highest BCUT2D eigenvalue weighted by Crippen LogP contribution is 2.34. The lowest BCUT2D eigenvalue weighted by molar-refractivity contribution is 0.144. The molecule has 0 unspecified atom stereocenters. The predicted octanol–water partition coefficient (Wildman–Crippen LogP) is 4.15. The van der Waals surface area contributed by atoms with Crippen molar-refractivity contribution in [3.8, 4) is 17.3 Å². The van der Waals surface area contributed by atoms with Crippen LogP contribution < -0.4 is 4.74 Å². The van der Waals surface area contributed by atoms with Gasteiger partial charge in [-0.3, -0.25) is 4.90 Å². The van der Waals surface area contributed by atoms with Gasteiger partial charge in [0, 0.05) is 24.9 Å². The Balaban J connectivity index is 1.50. The second kappa shape index (κ2) is 9.35. The van der Waals surface area contributed by atoms with Gasteiger partial charge in [-0.05, 0) is 49.2 Å². The van der Waals surface area contributed by atoms with E-state index in [-0.39, 0.29) is 6.04 Å². The van der Waals surface area contributed by atoms with Crippen LogP contribution in [0.3, 0.4) is 0 Å². The molecule has 1 aliphatic heterocycles. The Kier molecular flexibility index (Phi) is 6.39. The number of ether oxygens (including phenoxy) is 2. The minimum atomic E-state index is 0.0986. The monoisotopic (exact) mass is 414 g/mol. The molecule has 1 aliphatic rings. The molecule has 7 nitrogen and oxygen atoms in total.